The summed E-state index contributed by atoms with van der Waals surface area (Å²) in [6.07, 6.45) is 8.04. The van der Waals surface area contributed by atoms with Crippen molar-refractivity contribution < 1.29 is 9.59 Å². The van der Waals surface area contributed by atoms with E-state index < -0.39 is 0 Å². The molecule has 1 saturated heterocycles. The zero-order valence-electron chi connectivity index (χ0n) is 19.3. The van der Waals surface area contributed by atoms with Crippen molar-refractivity contribution in [1.82, 2.24) is 19.9 Å². The third kappa shape index (κ3) is 4.36. The lowest BCUT2D eigenvalue weighted by atomic mass is 9.99. The van der Waals surface area contributed by atoms with Gasteiger partial charge in [-0.25, -0.2) is 9.97 Å². The van der Waals surface area contributed by atoms with Gasteiger partial charge in [0.05, 0.1) is 6.04 Å². The summed E-state index contributed by atoms with van der Waals surface area (Å²) in [5.74, 6) is 2.44. The molecule has 1 unspecified atom stereocenters. The average molecular weight is 439 g/mol. The second-order valence-electron chi connectivity index (χ2n) is 9.80. The first-order valence-electron chi connectivity index (χ1n) is 12.3. The topological polar surface area (TPSA) is 82.0 Å². The van der Waals surface area contributed by atoms with Gasteiger partial charge >= 0.3 is 0 Å². The number of hydrogen-bond donors (Lipinski definition) is 0. The molecule has 1 aliphatic carbocycles. The molecule has 1 saturated carbocycles. The number of hydrogen-bond acceptors (Lipinski definition) is 6. The summed E-state index contributed by atoms with van der Waals surface area (Å²) in [5, 5.41) is 6.51. The highest BCUT2D eigenvalue weighted by Gasteiger charge is 2.36. The van der Waals surface area contributed by atoms with E-state index in [0.29, 0.717) is 37.5 Å². The van der Waals surface area contributed by atoms with Crippen LogP contribution in [0, 0.1) is 12.8 Å². The van der Waals surface area contributed by atoms with Gasteiger partial charge in [-0.3, -0.25) is 19.5 Å². The highest BCUT2D eigenvalue weighted by molar-refractivity contribution is 5.95. The normalized spacial score (nSPS) is 23.4. The van der Waals surface area contributed by atoms with Crippen LogP contribution in [-0.4, -0.2) is 63.6 Å². The van der Waals surface area contributed by atoms with Gasteiger partial charge in [-0.05, 0) is 58.3 Å². The van der Waals surface area contributed by atoms with Crippen LogP contribution in [0.3, 0.4) is 0 Å². The number of likely N-dealkylation sites (tertiary alicyclic amines) is 1. The zero-order chi connectivity index (χ0) is 22.2. The Morgan fingerprint density at radius 3 is 2.62 bits per heavy atom. The van der Waals surface area contributed by atoms with E-state index in [4.69, 9.17) is 9.97 Å². The van der Waals surface area contributed by atoms with Crippen molar-refractivity contribution in [3.8, 4) is 0 Å². The van der Waals surface area contributed by atoms with Crippen LogP contribution in [0.25, 0.3) is 0 Å². The molecule has 32 heavy (non-hydrogen) atoms. The van der Waals surface area contributed by atoms with Crippen LogP contribution in [0.4, 0.5) is 5.82 Å². The highest BCUT2D eigenvalue weighted by Crippen LogP contribution is 2.37. The molecule has 8 heteroatoms. The van der Waals surface area contributed by atoms with Crippen molar-refractivity contribution in [2.75, 3.05) is 31.1 Å². The first kappa shape index (κ1) is 21.3. The lowest BCUT2D eigenvalue weighted by Gasteiger charge is -2.36. The van der Waals surface area contributed by atoms with Crippen molar-refractivity contribution in [2.45, 2.75) is 77.7 Å². The lowest BCUT2D eigenvalue weighted by molar-refractivity contribution is -0.135. The summed E-state index contributed by atoms with van der Waals surface area (Å²) in [4.78, 5) is 39.6. The Morgan fingerprint density at radius 2 is 1.88 bits per heavy atom. The van der Waals surface area contributed by atoms with E-state index in [1.807, 2.05) is 28.7 Å². The maximum atomic E-state index is 13.2. The van der Waals surface area contributed by atoms with Gasteiger partial charge in [0.25, 0.3) is 0 Å². The molecule has 1 atom stereocenters. The number of aromatic nitrogens is 2. The van der Waals surface area contributed by atoms with Gasteiger partial charge in [-0.2, -0.15) is 5.10 Å². The fourth-order valence-electron chi connectivity index (χ4n) is 5.16. The summed E-state index contributed by atoms with van der Waals surface area (Å²) in [5.41, 5.74) is 3.19. The number of anilines is 1. The Hall–Kier alpha value is -2.51. The molecular formula is C24H34N6O2. The first-order valence-corrected chi connectivity index (χ1v) is 12.3. The van der Waals surface area contributed by atoms with Crippen LogP contribution in [-0.2, 0) is 16.0 Å². The quantitative estimate of drug-likeness (QED) is 0.682. The Morgan fingerprint density at radius 1 is 1.03 bits per heavy atom. The van der Waals surface area contributed by atoms with Crippen molar-refractivity contribution in [1.29, 1.82) is 0 Å². The SMILES string of the molecule is CC1=NN(CCC(=O)N2CCCCC2c2nc(C)c3c(n2)N(CC2CC2)C(=O)CC3)CC1. The number of rotatable bonds is 6. The van der Waals surface area contributed by atoms with E-state index in [9.17, 15) is 9.59 Å². The Kier molecular flexibility index (Phi) is 5.86. The lowest BCUT2D eigenvalue weighted by Crippen LogP contribution is -2.42. The van der Waals surface area contributed by atoms with Crippen LogP contribution < -0.4 is 4.90 Å². The molecule has 0 bridgehead atoms. The van der Waals surface area contributed by atoms with Crippen LogP contribution in [0.15, 0.2) is 5.10 Å². The molecule has 0 N–H and O–H groups in total. The van der Waals surface area contributed by atoms with Crippen molar-refractivity contribution >= 4 is 23.3 Å². The molecule has 0 radical (unpaired) electrons. The number of piperidine rings is 1. The van der Waals surface area contributed by atoms with Crippen molar-refractivity contribution in [3.05, 3.63) is 17.1 Å². The van der Waals surface area contributed by atoms with E-state index in [1.165, 1.54) is 12.8 Å². The number of aryl methyl sites for hydroxylation is 1. The van der Waals surface area contributed by atoms with Crippen LogP contribution >= 0.6 is 0 Å². The van der Waals surface area contributed by atoms with Crippen molar-refractivity contribution in [2.24, 2.45) is 11.0 Å². The summed E-state index contributed by atoms with van der Waals surface area (Å²) >= 11 is 0. The number of hydrazone groups is 1. The fourth-order valence-corrected chi connectivity index (χ4v) is 5.16. The minimum absolute atomic E-state index is 0.108. The molecule has 4 heterocycles. The van der Waals surface area contributed by atoms with Gasteiger partial charge in [-0.1, -0.05) is 0 Å². The fraction of sp³-hybridized carbons (Fsp3) is 0.708. The summed E-state index contributed by atoms with van der Waals surface area (Å²) in [7, 11) is 0. The predicted molar refractivity (Wildman–Crippen MR) is 122 cm³/mol. The number of amides is 2. The third-order valence-corrected chi connectivity index (χ3v) is 7.24. The highest BCUT2D eigenvalue weighted by atomic mass is 16.2. The molecule has 0 aromatic carbocycles. The summed E-state index contributed by atoms with van der Waals surface area (Å²) < 4.78 is 0. The maximum absolute atomic E-state index is 13.2. The smallest absolute Gasteiger partial charge is 0.228 e. The molecule has 0 spiro atoms. The molecule has 1 aromatic heterocycles. The molecule has 4 aliphatic rings. The molecule has 172 valence electrons. The molecule has 5 rings (SSSR count). The zero-order valence-corrected chi connectivity index (χ0v) is 19.3. The molecular weight excluding hydrogens is 404 g/mol. The molecule has 1 aromatic rings. The molecule has 3 aliphatic heterocycles. The second kappa shape index (κ2) is 8.79. The monoisotopic (exact) mass is 438 g/mol. The van der Waals surface area contributed by atoms with Gasteiger partial charge in [0.2, 0.25) is 11.8 Å². The second-order valence-corrected chi connectivity index (χ2v) is 9.80. The largest absolute Gasteiger partial charge is 0.332 e. The average Bonchev–Trinajstić information content (AvgIpc) is 3.52. The van der Waals surface area contributed by atoms with Gasteiger partial charge in [0.1, 0.15) is 5.82 Å². The van der Waals surface area contributed by atoms with Gasteiger partial charge < -0.3 is 4.90 Å². The summed E-state index contributed by atoms with van der Waals surface area (Å²) in [6, 6.07) is -0.108. The van der Waals surface area contributed by atoms with E-state index in [0.717, 1.165) is 68.1 Å². The minimum Gasteiger partial charge on any atom is -0.332 e. The third-order valence-electron chi connectivity index (χ3n) is 7.24. The summed E-state index contributed by atoms with van der Waals surface area (Å²) in [6.45, 7) is 7.14. The predicted octanol–water partition coefficient (Wildman–Crippen LogP) is 3.00. The maximum Gasteiger partial charge on any atom is 0.228 e. The van der Waals surface area contributed by atoms with Crippen molar-refractivity contribution in [3.63, 3.8) is 0 Å². The molecule has 8 nitrogen and oxygen atoms in total. The first-order chi connectivity index (χ1) is 15.5. The van der Waals surface area contributed by atoms with E-state index in [-0.39, 0.29) is 17.9 Å². The Balaban J connectivity index is 1.37. The minimum atomic E-state index is -0.108. The standard InChI is InChI=1S/C24H34N6O2/c1-16-10-13-28(27-16)14-11-22(32)29-12-4-3-5-20(29)23-25-17(2)19-8-9-21(31)30(24(19)26-23)15-18-6-7-18/h18,20H,3-15H2,1-2H3. The van der Waals surface area contributed by atoms with E-state index in [1.54, 1.807) is 0 Å². The number of fused-ring (bicyclic) bond motifs is 1. The van der Waals surface area contributed by atoms with Crippen LogP contribution in [0.5, 0.6) is 0 Å². The molecule has 2 fully saturated rings. The van der Waals surface area contributed by atoms with Gasteiger partial charge in [0, 0.05) is 62.4 Å². The number of nitrogens with zero attached hydrogens (tertiary/aromatic N) is 6. The number of carbonyl (C=O) groups is 2. The van der Waals surface area contributed by atoms with Gasteiger partial charge in [0.15, 0.2) is 5.82 Å². The van der Waals surface area contributed by atoms with Crippen LogP contribution in [0.2, 0.25) is 0 Å². The van der Waals surface area contributed by atoms with E-state index >= 15 is 0 Å². The molecule has 2 amide bonds. The Labute approximate surface area is 190 Å². The van der Waals surface area contributed by atoms with E-state index in [2.05, 4.69) is 5.10 Å². The van der Waals surface area contributed by atoms with Gasteiger partial charge in [-0.15, -0.1) is 0 Å². The van der Waals surface area contributed by atoms with Crippen LogP contribution in [0.1, 0.15) is 81.4 Å². The Bertz CT molecular complexity index is 941. The number of carbonyl (C=O) groups excluding carboxylic acids is 2.